The third kappa shape index (κ3) is 5.19. The number of nitrogens with one attached hydrogen (secondary N) is 3. The van der Waals surface area contributed by atoms with Crippen molar-refractivity contribution in [1.82, 2.24) is 5.32 Å². The number of nitrogens with zero attached hydrogens (tertiary/aromatic N) is 1. The Labute approximate surface area is 198 Å². The van der Waals surface area contributed by atoms with Gasteiger partial charge in [0.05, 0.1) is 34.9 Å². The molecule has 1 aliphatic heterocycles. The van der Waals surface area contributed by atoms with Crippen LogP contribution in [0.15, 0.2) is 66.7 Å². The summed E-state index contributed by atoms with van der Waals surface area (Å²) in [5, 5.41) is 29.3. The van der Waals surface area contributed by atoms with Crippen molar-refractivity contribution in [3.63, 3.8) is 0 Å². The summed E-state index contributed by atoms with van der Waals surface area (Å²) in [5.74, 6) is -2.18. The molecule has 0 aliphatic carbocycles. The average molecular weight is 459 g/mol. The van der Waals surface area contributed by atoms with Crippen LogP contribution >= 0.6 is 0 Å². The van der Waals surface area contributed by atoms with Gasteiger partial charge in [-0.2, -0.15) is 5.26 Å². The van der Waals surface area contributed by atoms with Gasteiger partial charge < -0.3 is 21.1 Å². The van der Waals surface area contributed by atoms with Gasteiger partial charge in [-0.1, -0.05) is 42.5 Å². The van der Waals surface area contributed by atoms with E-state index in [9.17, 15) is 19.6 Å². The van der Waals surface area contributed by atoms with Crippen molar-refractivity contribution in [2.75, 3.05) is 23.7 Å². The summed E-state index contributed by atoms with van der Waals surface area (Å²) < 4.78 is 14.1. The van der Waals surface area contributed by atoms with E-state index in [1.165, 1.54) is 12.1 Å². The van der Waals surface area contributed by atoms with E-state index in [4.69, 9.17) is 0 Å². The normalized spacial score (nSPS) is 16.3. The van der Waals surface area contributed by atoms with Crippen LogP contribution in [0.5, 0.6) is 0 Å². The first kappa shape index (κ1) is 23.3. The lowest BCUT2D eigenvalue weighted by Crippen LogP contribution is -2.44. The van der Waals surface area contributed by atoms with E-state index in [1.807, 2.05) is 30.3 Å². The fourth-order valence-corrected chi connectivity index (χ4v) is 4.34. The highest BCUT2D eigenvalue weighted by Crippen LogP contribution is 2.33. The highest BCUT2D eigenvalue weighted by Gasteiger charge is 2.28. The second kappa shape index (κ2) is 10.4. The van der Waals surface area contributed by atoms with Gasteiger partial charge in [-0.3, -0.25) is 4.79 Å². The first-order valence-electron chi connectivity index (χ1n) is 11.3. The van der Waals surface area contributed by atoms with Crippen molar-refractivity contribution in [2.45, 2.75) is 31.3 Å². The van der Waals surface area contributed by atoms with Gasteiger partial charge in [0.2, 0.25) is 0 Å². The van der Waals surface area contributed by atoms with E-state index in [0.29, 0.717) is 30.6 Å². The van der Waals surface area contributed by atoms with Crippen LogP contribution in [0.2, 0.25) is 0 Å². The Morgan fingerprint density at radius 2 is 1.97 bits per heavy atom. The summed E-state index contributed by atoms with van der Waals surface area (Å²) in [5.41, 5.74) is 4.58. The average Bonchev–Trinajstić information content (AvgIpc) is 2.85. The Bertz CT molecular complexity index is 1210. The molecule has 0 saturated heterocycles. The fourth-order valence-electron chi connectivity index (χ4n) is 4.34. The van der Waals surface area contributed by atoms with Crippen LogP contribution in [0, 0.1) is 17.1 Å². The van der Waals surface area contributed by atoms with E-state index in [2.05, 4.69) is 34.2 Å². The fraction of sp³-hybridized carbons (Fsp3) is 0.259. The first-order valence-corrected chi connectivity index (χ1v) is 11.3. The molecule has 7 heteroatoms. The van der Waals surface area contributed by atoms with Gasteiger partial charge in [-0.25, -0.2) is 4.39 Å². The molecule has 6 nitrogen and oxygen atoms in total. The Morgan fingerprint density at radius 1 is 1.18 bits per heavy atom. The molecular weight excluding hydrogens is 431 g/mol. The second-order valence-corrected chi connectivity index (χ2v) is 8.52. The molecule has 3 aromatic carbocycles. The lowest BCUT2D eigenvalue weighted by Gasteiger charge is -2.35. The predicted molar refractivity (Wildman–Crippen MR) is 130 cm³/mol. The lowest BCUT2D eigenvalue weighted by atomic mass is 9.95. The Kier molecular flexibility index (Phi) is 7.09. The molecule has 0 bridgehead atoms. The van der Waals surface area contributed by atoms with Crippen LogP contribution in [-0.4, -0.2) is 30.2 Å². The number of aliphatic carboxylic acids is 1. The van der Waals surface area contributed by atoms with Gasteiger partial charge in [0.1, 0.15) is 11.9 Å². The minimum atomic E-state index is -0.980. The SMILES string of the molecule is C[C@@H](C(=O)O)c1cc(F)cc(CCN[C@H](c2ccccc2)[C@H]2CNc3cccc(C#N)c3N2)c1. The van der Waals surface area contributed by atoms with Gasteiger partial charge in [0.15, 0.2) is 0 Å². The summed E-state index contributed by atoms with van der Waals surface area (Å²) in [6.07, 6.45) is 0.542. The van der Waals surface area contributed by atoms with Crippen LogP contribution in [0.3, 0.4) is 0 Å². The molecule has 0 unspecified atom stereocenters. The van der Waals surface area contributed by atoms with E-state index >= 15 is 0 Å². The van der Waals surface area contributed by atoms with Crippen molar-refractivity contribution >= 4 is 17.3 Å². The molecular formula is C27H27FN4O2. The summed E-state index contributed by atoms with van der Waals surface area (Å²) in [7, 11) is 0. The van der Waals surface area contributed by atoms with Gasteiger partial charge in [0.25, 0.3) is 0 Å². The summed E-state index contributed by atoms with van der Waals surface area (Å²) in [6, 6.07) is 22.3. The number of carboxylic acid groups (broad SMARTS) is 1. The molecule has 3 atom stereocenters. The van der Waals surface area contributed by atoms with Crippen LogP contribution in [0.4, 0.5) is 15.8 Å². The number of hydrogen-bond donors (Lipinski definition) is 4. The second-order valence-electron chi connectivity index (χ2n) is 8.52. The third-order valence-electron chi connectivity index (χ3n) is 6.22. The number of halogens is 1. The van der Waals surface area contributed by atoms with Crippen molar-refractivity contribution in [3.8, 4) is 6.07 Å². The topological polar surface area (TPSA) is 97.2 Å². The van der Waals surface area contributed by atoms with E-state index in [1.54, 1.807) is 19.1 Å². The molecule has 0 fully saturated rings. The summed E-state index contributed by atoms with van der Waals surface area (Å²) in [6.45, 7) is 2.78. The van der Waals surface area contributed by atoms with Gasteiger partial charge >= 0.3 is 5.97 Å². The Balaban J connectivity index is 1.52. The number of anilines is 2. The number of para-hydroxylation sites is 1. The lowest BCUT2D eigenvalue weighted by molar-refractivity contribution is -0.138. The van der Waals surface area contributed by atoms with Crippen molar-refractivity contribution in [3.05, 3.63) is 94.8 Å². The standard InChI is InChI=1S/C27H27FN4O2/c1-17(27(33)34)21-12-18(13-22(28)14-21)10-11-30-25(19-6-3-2-4-7-19)24-16-31-23-9-5-8-20(15-29)26(23)32-24/h2-9,12-14,17,24-25,30-32H,10-11,16H2,1H3,(H,33,34)/t17-,24-,25-/m1/s1. The van der Waals surface area contributed by atoms with E-state index in [-0.39, 0.29) is 12.1 Å². The summed E-state index contributed by atoms with van der Waals surface area (Å²) >= 11 is 0. The number of nitriles is 1. The zero-order chi connectivity index (χ0) is 24.1. The van der Waals surface area contributed by atoms with Crippen molar-refractivity contribution in [2.24, 2.45) is 0 Å². The zero-order valence-corrected chi connectivity index (χ0v) is 18.9. The summed E-state index contributed by atoms with van der Waals surface area (Å²) in [4.78, 5) is 11.3. The Morgan fingerprint density at radius 3 is 2.71 bits per heavy atom. The first-order chi connectivity index (χ1) is 16.5. The maximum atomic E-state index is 14.1. The number of carboxylic acids is 1. The molecule has 174 valence electrons. The number of carbonyl (C=O) groups is 1. The van der Waals surface area contributed by atoms with Crippen molar-refractivity contribution in [1.29, 1.82) is 5.26 Å². The molecule has 0 amide bonds. The van der Waals surface area contributed by atoms with Crippen molar-refractivity contribution < 1.29 is 14.3 Å². The zero-order valence-electron chi connectivity index (χ0n) is 18.9. The molecule has 1 aliphatic rings. The monoisotopic (exact) mass is 458 g/mol. The molecule has 34 heavy (non-hydrogen) atoms. The van der Waals surface area contributed by atoms with Gasteiger partial charge in [0, 0.05) is 6.54 Å². The maximum absolute atomic E-state index is 14.1. The Hall–Kier alpha value is -3.89. The minimum absolute atomic E-state index is 0.0282. The number of fused-ring (bicyclic) bond motifs is 1. The minimum Gasteiger partial charge on any atom is -0.481 e. The smallest absolute Gasteiger partial charge is 0.310 e. The van der Waals surface area contributed by atoms with Crippen LogP contribution in [0.25, 0.3) is 0 Å². The quantitative estimate of drug-likeness (QED) is 0.392. The van der Waals surface area contributed by atoms with Gasteiger partial charge in [-0.05, 0) is 60.8 Å². The highest BCUT2D eigenvalue weighted by atomic mass is 19.1. The molecule has 0 aromatic heterocycles. The van der Waals surface area contributed by atoms with E-state index < -0.39 is 17.7 Å². The molecule has 4 rings (SSSR count). The van der Waals surface area contributed by atoms with Gasteiger partial charge in [-0.15, -0.1) is 0 Å². The largest absolute Gasteiger partial charge is 0.481 e. The number of benzene rings is 3. The maximum Gasteiger partial charge on any atom is 0.310 e. The van der Waals surface area contributed by atoms with Crippen LogP contribution in [0.1, 0.15) is 41.1 Å². The molecule has 0 radical (unpaired) electrons. The number of rotatable bonds is 8. The molecule has 3 aromatic rings. The van der Waals surface area contributed by atoms with E-state index in [0.717, 1.165) is 22.5 Å². The molecule has 0 saturated carbocycles. The van der Waals surface area contributed by atoms with Crippen LogP contribution < -0.4 is 16.0 Å². The third-order valence-corrected chi connectivity index (χ3v) is 6.22. The van der Waals surface area contributed by atoms with Crippen LogP contribution in [-0.2, 0) is 11.2 Å². The predicted octanol–water partition coefficient (Wildman–Crippen LogP) is 4.67. The molecule has 4 N–H and O–H groups in total. The highest BCUT2D eigenvalue weighted by molar-refractivity contribution is 5.77. The molecule has 1 heterocycles. The molecule has 0 spiro atoms. The number of hydrogen-bond acceptors (Lipinski definition) is 5.